The van der Waals surface area contributed by atoms with Gasteiger partial charge in [-0.15, -0.1) is 23.1 Å². The number of hydrogen-bond donors (Lipinski definition) is 0. The molecule has 0 fully saturated rings. The number of benzene rings is 1. The Morgan fingerprint density at radius 2 is 2.00 bits per heavy atom. The van der Waals surface area contributed by atoms with E-state index in [1.54, 1.807) is 25.8 Å². The van der Waals surface area contributed by atoms with E-state index in [0.29, 0.717) is 4.88 Å². The van der Waals surface area contributed by atoms with Gasteiger partial charge in [0.25, 0.3) is 0 Å². The van der Waals surface area contributed by atoms with Crippen molar-refractivity contribution < 1.29 is 19.1 Å². The quantitative estimate of drug-likeness (QED) is 0.452. The van der Waals surface area contributed by atoms with E-state index in [4.69, 9.17) is 4.74 Å². The van der Waals surface area contributed by atoms with Crippen LogP contribution in [0.4, 0.5) is 0 Å². The SMILES string of the molecule is COC(=O)[C@@H](C)CC(=O)c1cc2cc(OC)c(SC)cc2s1. The number of fused-ring (bicyclic) bond motifs is 1. The summed E-state index contributed by atoms with van der Waals surface area (Å²) in [6.45, 7) is 1.70. The molecule has 118 valence electrons. The van der Waals surface area contributed by atoms with Crippen molar-refractivity contribution in [2.75, 3.05) is 20.5 Å². The van der Waals surface area contributed by atoms with Gasteiger partial charge in [-0.05, 0) is 29.8 Å². The largest absolute Gasteiger partial charge is 0.496 e. The van der Waals surface area contributed by atoms with Crippen LogP contribution in [0.15, 0.2) is 23.1 Å². The number of thiophene rings is 1. The Morgan fingerprint density at radius 3 is 2.59 bits per heavy atom. The first-order valence-corrected chi connectivity index (χ1v) is 8.80. The Morgan fingerprint density at radius 1 is 1.27 bits per heavy atom. The molecule has 1 atom stereocenters. The van der Waals surface area contributed by atoms with E-state index in [0.717, 1.165) is 20.7 Å². The molecule has 1 heterocycles. The number of methoxy groups -OCH3 is 2. The molecule has 1 aromatic carbocycles. The van der Waals surface area contributed by atoms with Crippen LogP contribution in [0, 0.1) is 5.92 Å². The number of esters is 1. The predicted octanol–water partition coefficient (Wildman–Crippen LogP) is 4.01. The van der Waals surface area contributed by atoms with Crippen LogP contribution in [0.3, 0.4) is 0 Å². The summed E-state index contributed by atoms with van der Waals surface area (Å²) < 4.78 is 11.1. The number of ketones is 1. The molecule has 0 unspecified atom stereocenters. The number of carbonyl (C=O) groups is 2. The molecule has 0 radical (unpaired) electrons. The van der Waals surface area contributed by atoms with Crippen molar-refractivity contribution in [1.82, 2.24) is 0 Å². The van der Waals surface area contributed by atoms with Crippen molar-refractivity contribution in [1.29, 1.82) is 0 Å². The lowest BCUT2D eigenvalue weighted by Crippen LogP contribution is -2.16. The fourth-order valence-corrected chi connectivity index (χ4v) is 3.85. The molecular formula is C16H18O4S2. The molecule has 0 amide bonds. The molecule has 0 bridgehead atoms. The molecule has 0 aliphatic heterocycles. The topological polar surface area (TPSA) is 52.6 Å². The monoisotopic (exact) mass is 338 g/mol. The Kier molecular flexibility index (Phi) is 5.47. The molecule has 0 aliphatic carbocycles. The second-order valence-corrected chi connectivity index (χ2v) is 6.84. The van der Waals surface area contributed by atoms with Crippen LogP contribution >= 0.6 is 23.1 Å². The van der Waals surface area contributed by atoms with E-state index < -0.39 is 5.92 Å². The van der Waals surface area contributed by atoms with Gasteiger partial charge in [0.15, 0.2) is 5.78 Å². The van der Waals surface area contributed by atoms with Crippen molar-refractivity contribution in [2.45, 2.75) is 18.2 Å². The zero-order chi connectivity index (χ0) is 16.3. The summed E-state index contributed by atoms with van der Waals surface area (Å²) in [7, 11) is 2.97. The van der Waals surface area contributed by atoms with Gasteiger partial charge in [0.1, 0.15) is 5.75 Å². The Labute approximate surface area is 137 Å². The minimum atomic E-state index is -0.431. The maximum atomic E-state index is 12.3. The number of ether oxygens (including phenoxy) is 2. The van der Waals surface area contributed by atoms with E-state index in [1.165, 1.54) is 18.4 Å². The molecule has 2 rings (SSSR count). The lowest BCUT2D eigenvalue weighted by atomic mass is 10.0. The summed E-state index contributed by atoms with van der Waals surface area (Å²) in [6, 6.07) is 5.83. The van der Waals surface area contributed by atoms with Gasteiger partial charge in [-0.3, -0.25) is 9.59 Å². The first-order chi connectivity index (χ1) is 10.5. The Bertz CT molecular complexity index is 664. The lowest BCUT2D eigenvalue weighted by molar-refractivity contribution is -0.144. The van der Waals surface area contributed by atoms with Crippen molar-refractivity contribution >= 4 is 44.9 Å². The van der Waals surface area contributed by atoms with Crippen LogP contribution in [-0.4, -0.2) is 32.2 Å². The van der Waals surface area contributed by atoms with Crippen molar-refractivity contribution in [3.63, 3.8) is 0 Å². The Hall–Kier alpha value is -1.53. The summed E-state index contributed by atoms with van der Waals surface area (Å²) in [5.74, 6) is -0.0247. The van der Waals surface area contributed by atoms with Gasteiger partial charge in [0, 0.05) is 11.1 Å². The number of thioether (sulfide) groups is 1. The highest BCUT2D eigenvalue weighted by molar-refractivity contribution is 7.98. The number of hydrogen-bond acceptors (Lipinski definition) is 6. The highest BCUT2D eigenvalue weighted by Gasteiger charge is 2.20. The molecular weight excluding hydrogens is 320 g/mol. The molecule has 2 aromatic rings. The standard InChI is InChI=1S/C16H18O4S2/c1-9(16(18)20-3)5-11(17)14-7-10-6-12(19-2)15(21-4)8-13(10)22-14/h6-9H,5H2,1-4H3/t9-/m0/s1. The van der Waals surface area contributed by atoms with E-state index in [1.807, 2.05) is 24.5 Å². The smallest absolute Gasteiger partial charge is 0.308 e. The third kappa shape index (κ3) is 3.44. The van der Waals surface area contributed by atoms with Crippen LogP contribution in [0.2, 0.25) is 0 Å². The molecule has 0 aliphatic rings. The van der Waals surface area contributed by atoms with Gasteiger partial charge in [-0.2, -0.15) is 0 Å². The molecule has 0 saturated carbocycles. The highest BCUT2D eigenvalue weighted by atomic mass is 32.2. The van der Waals surface area contributed by atoms with Gasteiger partial charge in [0.2, 0.25) is 0 Å². The van der Waals surface area contributed by atoms with Crippen molar-refractivity contribution in [3.8, 4) is 5.75 Å². The molecule has 4 nitrogen and oxygen atoms in total. The van der Waals surface area contributed by atoms with E-state index >= 15 is 0 Å². The van der Waals surface area contributed by atoms with Crippen LogP contribution in [0.5, 0.6) is 5.75 Å². The normalized spacial score (nSPS) is 12.2. The van der Waals surface area contributed by atoms with Gasteiger partial charge in [-0.1, -0.05) is 6.92 Å². The predicted molar refractivity (Wildman–Crippen MR) is 90.3 cm³/mol. The Balaban J connectivity index is 2.29. The van der Waals surface area contributed by atoms with Crippen LogP contribution in [0.1, 0.15) is 23.0 Å². The second-order valence-electron chi connectivity index (χ2n) is 4.91. The fraction of sp³-hybridized carbons (Fsp3) is 0.375. The zero-order valence-corrected chi connectivity index (χ0v) is 14.6. The first-order valence-electron chi connectivity index (χ1n) is 6.76. The molecule has 0 spiro atoms. The number of Topliss-reactive ketones (excluding diaryl/α,β-unsaturated/α-hetero) is 1. The molecule has 22 heavy (non-hydrogen) atoms. The van der Waals surface area contributed by atoms with E-state index in [2.05, 4.69) is 4.74 Å². The van der Waals surface area contributed by atoms with Gasteiger partial charge in [0.05, 0.1) is 29.9 Å². The summed E-state index contributed by atoms with van der Waals surface area (Å²) in [6.07, 6.45) is 2.15. The zero-order valence-electron chi connectivity index (χ0n) is 13.0. The van der Waals surface area contributed by atoms with Crippen molar-refractivity contribution in [2.24, 2.45) is 5.92 Å². The highest BCUT2D eigenvalue weighted by Crippen LogP contribution is 2.36. The molecule has 6 heteroatoms. The number of carbonyl (C=O) groups excluding carboxylic acids is 2. The first kappa shape index (κ1) is 16.8. The van der Waals surface area contributed by atoms with Crippen LogP contribution < -0.4 is 4.74 Å². The average molecular weight is 338 g/mol. The lowest BCUT2D eigenvalue weighted by Gasteiger charge is -2.06. The molecule has 0 saturated heterocycles. The third-order valence-electron chi connectivity index (χ3n) is 3.39. The van der Waals surface area contributed by atoms with Gasteiger partial charge < -0.3 is 9.47 Å². The minimum absolute atomic E-state index is 0.0382. The summed E-state index contributed by atoms with van der Waals surface area (Å²) in [4.78, 5) is 25.4. The van der Waals surface area contributed by atoms with E-state index in [9.17, 15) is 9.59 Å². The number of rotatable bonds is 6. The maximum Gasteiger partial charge on any atom is 0.308 e. The molecule has 0 N–H and O–H groups in total. The van der Waals surface area contributed by atoms with Gasteiger partial charge in [-0.25, -0.2) is 0 Å². The minimum Gasteiger partial charge on any atom is -0.496 e. The van der Waals surface area contributed by atoms with Crippen LogP contribution in [0.25, 0.3) is 10.1 Å². The van der Waals surface area contributed by atoms with E-state index in [-0.39, 0.29) is 18.2 Å². The summed E-state index contributed by atoms with van der Waals surface area (Å²) in [5.41, 5.74) is 0. The maximum absolute atomic E-state index is 12.3. The fourth-order valence-electron chi connectivity index (χ4n) is 2.17. The summed E-state index contributed by atoms with van der Waals surface area (Å²) >= 11 is 3.05. The second kappa shape index (κ2) is 7.15. The van der Waals surface area contributed by atoms with Gasteiger partial charge >= 0.3 is 5.97 Å². The average Bonchev–Trinajstić information content (AvgIpc) is 2.95. The van der Waals surface area contributed by atoms with Crippen LogP contribution in [-0.2, 0) is 9.53 Å². The molecule has 1 aromatic heterocycles. The summed E-state index contributed by atoms with van der Waals surface area (Å²) in [5, 5.41) is 0.980. The van der Waals surface area contributed by atoms with Crippen molar-refractivity contribution in [3.05, 3.63) is 23.1 Å². The third-order valence-corrected chi connectivity index (χ3v) is 5.29.